The van der Waals surface area contributed by atoms with Crippen molar-refractivity contribution in [1.29, 1.82) is 0 Å². The second kappa shape index (κ2) is 9.30. The lowest BCUT2D eigenvalue weighted by atomic mass is 9.84. The Hall–Kier alpha value is -3.55. The van der Waals surface area contributed by atoms with Crippen LogP contribution in [0, 0.1) is 23.4 Å². The molecule has 0 radical (unpaired) electrons. The molecule has 1 saturated carbocycles. The predicted molar refractivity (Wildman–Crippen MR) is 116 cm³/mol. The number of nitrogens with zero attached hydrogens (tertiary/aromatic N) is 1. The molecule has 1 amide bonds. The van der Waals surface area contributed by atoms with Crippen LogP contribution in [0.5, 0.6) is 0 Å². The molecule has 8 heteroatoms. The maximum Gasteiger partial charge on any atom is 0.223 e. The minimum Gasteiger partial charge on any atom is -0.352 e. The molecule has 5 nitrogen and oxygen atoms in total. The standard InChI is InChI=1S/C14H8F3N.C10H15N3O/c15-10-3-1-8(2-4-10)13-6-9-5-11(16)7-12(17)14(9)18-13;1-7(9-5-6-11-13-9)12-10(14)8-3-2-4-8/h1-7,18H;5-8H,2-4H2,1H3,(H,11,13)(H,12,14). The Balaban J connectivity index is 0.000000158. The van der Waals surface area contributed by atoms with E-state index in [1.54, 1.807) is 24.4 Å². The summed E-state index contributed by atoms with van der Waals surface area (Å²) in [7, 11) is 0. The first kappa shape index (κ1) is 21.7. The van der Waals surface area contributed by atoms with Gasteiger partial charge in [-0.05, 0) is 67.8 Å². The quantitative estimate of drug-likeness (QED) is 0.384. The highest BCUT2D eigenvalue weighted by atomic mass is 19.1. The summed E-state index contributed by atoms with van der Waals surface area (Å²) in [5.74, 6) is -1.17. The van der Waals surface area contributed by atoms with Crippen LogP contribution >= 0.6 is 0 Å². The normalized spacial score (nSPS) is 14.4. The molecule has 1 aliphatic rings. The lowest BCUT2D eigenvalue weighted by Gasteiger charge is -2.25. The second-order valence-corrected chi connectivity index (χ2v) is 7.91. The summed E-state index contributed by atoms with van der Waals surface area (Å²) in [6.07, 6.45) is 4.97. The summed E-state index contributed by atoms with van der Waals surface area (Å²) in [5.41, 5.74) is 2.54. The highest BCUT2D eigenvalue weighted by molar-refractivity contribution is 5.86. The number of carbonyl (C=O) groups is 1. The first-order valence-electron chi connectivity index (χ1n) is 10.4. The molecular weight excluding hydrogens is 417 g/mol. The molecule has 1 aliphatic carbocycles. The molecule has 4 aromatic rings. The maximum atomic E-state index is 13.5. The van der Waals surface area contributed by atoms with Crippen LogP contribution < -0.4 is 5.32 Å². The Morgan fingerprint density at radius 1 is 1.06 bits per heavy atom. The van der Waals surface area contributed by atoms with Crippen LogP contribution in [0.15, 0.2) is 54.7 Å². The first-order chi connectivity index (χ1) is 15.4. The summed E-state index contributed by atoms with van der Waals surface area (Å²) >= 11 is 0. The zero-order valence-corrected chi connectivity index (χ0v) is 17.5. The number of aromatic nitrogens is 3. The van der Waals surface area contributed by atoms with Crippen molar-refractivity contribution in [2.75, 3.05) is 0 Å². The van der Waals surface area contributed by atoms with Crippen LogP contribution in [-0.4, -0.2) is 21.1 Å². The van der Waals surface area contributed by atoms with E-state index >= 15 is 0 Å². The van der Waals surface area contributed by atoms with Gasteiger partial charge in [-0.2, -0.15) is 5.10 Å². The second-order valence-electron chi connectivity index (χ2n) is 7.91. The Labute approximate surface area is 183 Å². The summed E-state index contributed by atoms with van der Waals surface area (Å²) in [6.45, 7) is 1.96. The van der Waals surface area contributed by atoms with E-state index in [2.05, 4.69) is 20.5 Å². The van der Waals surface area contributed by atoms with Gasteiger partial charge in [0, 0.05) is 29.3 Å². The van der Waals surface area contributed by atoms with Crippen LogP contribution in [0.4, 0.5) is 13.2 Å². The van der Waals surface area contributed by atoms with Crippen molar-refractivity contribution >= 4 is 16.8 Å². The topological polar surface area (TPSA) is 73.6 Å². The Morgan fingerprint density at radius 2 is 1.81 bits per heavy atom. The molecule has 0 aliphatic heterocycles. The minimum atomic E-state index is -0.640. The summed E-state index contributed by atoms with van der Waals surface area (Å²) in [4.78, 5) is 14.4. The van der Waals surface area contributed by atoms with E-state index in [9.17, 15) is 18.0 Å². The molecule has 166 valence electrons. The van der Waals surface area contributed by atoms with E-state index in [0.29, 0.717) is 16.6 Å². The van der Waals surface area contributed by atoms with Crippen LogP contribution in [0.3, 0.4) is 0 Å². The van der Waals surface area contributed by atoms with Gasteiger partial charge in [0.05, 0.1) is 17.3 Å². The predicted octanol–water partition coefficient (Wildman–Crippen LogP) is 5.64. The molecule has 2 aromatic heterocycles. The Morgan fingerprint density at radius 3 is 2.44 bits per heavy atom. The van der Waals surface area contributed by atoms with Crippen molar-refractivity contribution in [2.24, 2.45) is 5.92 Å². The lowest BCUT2D eigenvalue weighted by molar-refractivity contribution is -0.128. The molecule has 0 bridgehead atoms. The van der Waals surface area contributed by atoms with E-state index in [1.165, 1.54) is 24.6 Å². The molecule has 5 rings (SSSR count). The molecule has 0 saturated heterocycles. The number of hydrogen-bond acceptors (Lipinski definition) is 2. The maximum absolute atomic E-state index is 13.5. The molecule has 2 heterocycles. The van der Waals surface area contributed by atoms with Crippen molar-refractivity contribution in [1.82, 2.24) is 20.5 Å². The fraction of sp³-hybridized carbons (Fsp3) is 0.250. The minimum absolute atomic E-state index is 0.0330. The number of H-pyrrole nitrogens is 2. The average molecular weight is 440 g/mol. The van der Waals surface area contributed by atoms with Crippen LogP contribution in [0.2, 0.25) is 0 Å². The highest BCUT2D eigenvalue weighted by Gasteiger charge is 2.26. The van der Waals surface area contributed by atoms with Crippen LogP contribution in [0.25, 0.3) is 22.2 Å². The van der Waals surface area contributed by atoms with E-state index < -0.39 is 11.6 Å². The molecule has 1 fully saturated rings. The van der Waals surface area contributed by atoms with Crippen molar-refractivity contribution in [3.63, 3.8) is 0 Å². The van der Waals surface area contributed by atoms with E-state index in [0.717, 1.165) is 24.6 Å². The molecule has 2 aromatic carbocycles. The molecular formula is C24H23F3N4O. The number of carbonyl (C=O) groups excluding carboxylic acids is 1. The van der Waals surface area contributed by atoms with Gasteiger partial charge in [0.15, 0.2) is 0 Å². The molecule has 0 spiro atoms. The van der Waals surface area contributed by atoms with Crippen LogP contribution in [-0.2, 0) is 4.79 Å². The van der Waals surface area contributed by atoms with Gasteiger partial charge in [-0.25, -0.2) is 13.2 Å². The zero-order chi connectivity index (χ0) is 22.7. The number of fused-ring (bicyclic) bond motifs is 1. The third-order valence-electron chi connectivity index (χ3n) is 5.62. The monoisotopic (exact) mass is 440 g/mol. The van der Waals surface area contributed by atoms with Gasteiger partial charge in [0.25, 0.3) is 0 Å². The van der Waals surface area contributed by atoms with Gasteiger partial charge in [0.1, 0.15) is 17.5 Å². The van der Waals surface area contributed by atoms with Crippen LogP contribution in [0.1, 0.15) is 37.9 Å². The Bertz CT molecular complexity index is 1200. The van der Waals surface area contributed by atoms with Gasteiger partial charge in [0.2, 0.25) is 5.91 Å². The average Bonchev–Trinajstić information content (AvgIpc) is 3.37. The van der Waals surface area contributed by atoms with Gasteiger partial charge < -0.3 is 10.3 Å². The van der Waals surface area contributed by atoms with Crippen molar-refractivity contribution < 1.29 is 18.0 Å². The number of rotatable bonds is 4. The van der Waals surface area contributed by atoms with Gasteiger partial charge in [-0.3, -0.25) is 9.89 Å². The Kier molecular flexibility index (Phi) is 6.30. The number of nitrogens with one attached hydrogen (secondary N) is 3. The molecule has 32 heavy (non-hydrogen) atoms. The summed E-state index contributed by atoms with van der Waals surface area (Å²) in [5, 5.41) is 10.1. The zero-order valence-electron chi connectivity index (χ0n) is 17.5. The smallest absolute Gasteiger partial charge is 0.223 e. The summed E-state index contributed by atoms with van der Waals surface area (Å²) < 4.78 is 39.4. The first-order valence-corrected chi connectivity index (χ1v) is 10.4. The number of halogens is 3. The SMILES string of the molecule is CC(NC(=O)C1CCC1)c1ccn[nH]1.Fc1ccc(-c2cc3cc(F)cc(F)c3[nH]2)cc1. The number of aromatic amines is 2. The van der Waals surface area contributed by atoms with Crippen molar-refractivity contribution in [3.05, 3.63) is 77.9 Å². The van der Waals surface area contributed by atoms with E-state index in [1.807, 2.05) is 13.0 Å². The van der Waals surface area contributed by atoms with Crippen molar-refractivity contribution in [3.8, 4) is 11.3 Å². The van der Waals surface area contributed by atoms with E-state index in [-0.39, 0.29) is 29.2 Å². The third-order valence-corrected chi connectivity index (χ3v) is 5.62. The number of benzene rings is 2. The molecule has 1 unspecified atom stereocenters. The van der Waals surface area contributed by atoms with E-state index in [4.69, 9.17) is 0 Å². The fourth-order valence-corrected chi connectivity index (χ4v) is 3.54. The van der Waals surface area contributed by atoms with Gasteiger partial charge in [-0.1, -0.05) is 6.42 Å². The number of hydrogen-bond donors (Lipinski definition) is 3. The van der Waals surface area contributed by atoms with Crippen molar-refractivity contribution in [2.45, 2.75) is 32.2 Å². The number of amides is 1. The highest BCUT2D eigenvalue weighted by Crippen LogP contribution is 2.27. The molecule has 1 atom stereocenters. The third kappa shape index (κ3) is 4.85. The summed E-state index contributed by atoms with van der Waals surface area (Å²) in [6, 6.07) is 11.4. The lowest BCUT2D eigenvalue weighted by Crippen LogP contribution is -2.36. The van der Waals surface area contributed by atoms with Gasteiger partial charge >= 0.3 is 0 Å². The molecule has 3 N–H and O–H groups in total. The largest absolute Gasteiger partial charge is 0.352 e. The van der Waals surface area contributed by atoms with Gasteiger partial charge in [-0.15, -0.1) is 0 Å². The fourth-order valence-electron chi connectivity index (χ4n) is 3.54.